The highest BCUT2D eigenvalue weighted by Gasteiger charge is 2.27. The SMILES string of the molecule is CC(C)(C)OC(=O)NCCN(CC(=O)O)C(=O)Cn1cnc2c(NCCC[N+](C)(C)C)[nH]c(=O)nc21.CCOC(=O)CN(CCNC(=O)OC(C)(C)C)C(=O)Cn1cnc2c(N)[nH]c(=O)nc21.CCOC(=O)CN(CCNC(=O)OC(C)(C)C)C(=O)Cn1cnc2c(NCCC[N+](C)(C)C)[nH]c(=O)nc21.C[N+](C)(C)CCCBr. The van der Waals surface area contributed by atoms with Crippen LogP contribution in [0.5, 0.6) is 0 Å². The summed E-state index contributed by atoms with van der Waals surface area (Å²) < 4.78 is 32.3. The third-order valence-corrected chi connectivity index (χ3v) is 15.3. The number of alkyl halides is 1. The number of fused-ring (bicyclic) bond motifs is 3. The molecule has 0 unspecified atom stereocenters. The number of rotatable bonds is 36. The number of carbonyl (C=O) groups excluding carboxylic acids is 8. The van der Waals surface area contributed by atoms with Crippen LogP contribution in [-0.4, -0.2) is 336 Å². The van der Waals surface area contributed by atoms with Crippen LogP contribution in [0.25, 0.3) is 33.5 Å². The Balaban J connectivity index is 0.000000419. The van der Waals surface area contributed by atoms with Gasteiger partial charge in [-0.3, -0.25) is 43.7 Å². The predicted octanol–water partition coefficient (Wildman–Crippen LogP) is 1.71. The molecular weight excluding hydrogens is 1540 g/mol. The maximum atomic E-state index is 13.2. The zero-order valence-electron chi connectivity index (χ0n) is 69.0. The summed E-state index contributed by atoms with van der Waals surface area (Å²) in [4.78, 5) is 181. The van der Waals surface area contributed by atoms with Gasteiger partial charge in [0.25, 0.3) is 0 Å². The van der Waals surface area contributed by atoms with Gasteiger partial charge in [0, 0.05) is 77.0 Å². The second-order valence-corrected chi connectivity index (χ2v) is 32.6. The lowest BCUT2D eigenvalue weighted by atomic mass is 10.2. The van der Waals surface area contributed by atoms with Crippen molar-refractivity contribution in [2.45, 2.75) is 132 Å². The minimum absolute atomic E-state index is 0.00211. The first-order valence-corrected chi connectivity index (χ1v) is 37.8. The Bertz CT molecular complexity index is 4300. The lowest BCUT2D eigenvalue weighted by Crippen LogP contribution is -2.44. The number of esters is 2. The molecule has 6 heterocycles. The zero-order valence-corrected chi connectivity index (χ0v) is 70.6. The van der Waals surface area contributed by atoms with E-state index in [1.165, 1.54) is 55.4 Å². The van der Waals surface area contributed by atoms with Crippen LogP contribution in [-0.2, 0) is 72.1 Å². The molecule has 0 radical (unpaired) electrons. The number of hydrogen-bond donors (Lipinski definition) is 10. The summed E-state index contributed by atoms with van der Waals surface area (Å²) in [5, 5.41) is 24.3. The van der Waals surface area contributed by atoms with Gasteiger partial charge in [0.15, 0.2) is 16.9 Å². The number of nitrogens with two attached hydrogens (primary N) is 1. The van der Waals surface area contributed by atoms with Crippen molar-refractivity contribution in [1.29, 1.82) is 0 Å². The highest BCUT2D eigenvalue weighted by molar-refractivity contribution is 9.09. The van der Waals surface area contributed by atoms with Gasteiger partial charge in [-0.2, -0.15) is 15.0 Å². The van der Waals surface area contributed by atoms with Crippen LogP contribution in [0, 0.1) is 0 Å². The van der Waals surface area contributed by atoms with E-state index in [-0.39, 0.29) is 113 Å². The van der Waals surface area contributed by atoms with Gasteiger partial charge in [-0.05, 0) is 76.2 Å². The number of nitrogen functional groups attached to an aromatic ring is 1. The van der Waals surface area contributed by atoms with Crippen LogP contribution in [0.15, 0.2) is 33.4 Å². The second-order valence-electron chi connectivity index (χ2n) is 31.8. The summed E-state index contributed by atoms with van der Waals surface area (Å²) in [5.41, 5.74) is 3.47. The molecule has 113 heavy (non-hydrogen) atoms. The minimum Gasteiger partial charge on any atom is -0.480 e. The number of nitrogens with one attached hydrogen (secondary N) is 8. The first-order chi connectivity index (χ1) is 52.4. The van der Waals surface area contributed by atoms with Gasteiger partial charge in [0.05, 0.1) is 115 Å². The van der Waals surface area contributed by atoms with E-state index in [4.69, 9.17) is 29.4 Å². The zero-order chi connectivity index (χ0) is 85.4. The molecule has 11 N–H and O–H groups in total. The van der Waals surface area contributed by atoms with Crippen LogP contribution in [0.2, 0.25) is 0 Å². The number of H-pyrrole nitrogens is 3. The molecule has 6 aromatic heterocycles. The molecule has 0 aliphatic carbocycles. The Morgan fingerprint density at radius 1 is 0.478 bits per heavy atom. The molecule has 0 atom stereocenters. The highest BCUT2D eigenvalue weighted by atomic mass is 79.9. The molecule has 6 amide bonds. The number of aromatic nitrogens is 12. The van der Waals surface area contributed by atoms with E-state index in [2.05, 4.69) is 151 Å². The van der Waals surface area contributed by atoms with Crippen molar-refractivity contribution in [1.82, 2.24) is 89.2 Å². The number of quaternary nitrogens is 3. The van der Waals surface area contributed by atoms with Gasteiger partial charge >= 0.3 is 53.3 Å². The molecule has 0 aromatic carbocycles. The van der Waals surface area contributed by atoms with Gasteiger partial charge < -0.3 is 103 Å². The molecular formula is C70H120BrN24O18+3. The van der Waals surface area contributed by atoms with Gasteiger partial charge in [0.1, 0.15) is 90.1 Å². The first kappa shape index (κ1) is 96.6. The number of imidazole rings is 3. The van der Waals surface area contributed by atoms with Crippen LogP contribution in [0.3, 0.4) is 0 Å². The van der Waals surface area contributed by atoms with E-state index in [1.54, 1.807) is 76.2 Å². The van der Waals surface area contributed by atoms with Crippen molar-refractivity contribution < 1.29 is 85.4 Å². The smallest absolute Gasteiger partial charge is 0.407 e. The Labute approximate surface area is 664 Å². The molecule has 632 valence electrons. The molecule has 0 spiro atoms. The maximum absolute atomic E-state index is 13.2. The standard InChI is InChI=1S/C24H40N8O6.C22H36N8O6.C18H27N7O6.C6H15BrN/c1-8-37-18(34)15-30(12-11-26-23(36)38-24(2,3)4)17(33)14-31-16-27-19-20(28-22(35)29-21(19)31)25-10-9-13-32(5,6)7;1-22(2,3)36-21(35)24-9-10-28(13-16(32)33)15(31)12-29-14-25-17-18(26-20(34)27-19(17)29)23-8-7-11-30(4,5)6;1-5-30-12(27)9-24(7-6-20-17(29)31-18(2,3)4)11(26)8-25-10-21-13-14(19)22-16(28)23-15(13)25;1-8(2,3)6-4-5-7/h16H,8-15H2,1-7H3,(H2-,25,26,28,29,35,36);14H,7-13H2,1-6H3,(H3-,23,24,26,27,32,33,34,35);10H,5-9H2,1-4H3,(H,20,29)(H3,19,22,23,28);4-6H2,1-3H3/q;;;+1/p+2. The molecule has 0 bridgehead atoms. The number of carboxylic acid groups (broad SMARTS) is 1. The molecule has 0 saturated carbocycles. The summed E-state index contributed by atoms with van der Waals surface area (Å²) in [7, 11) is 19.2. The Kier molecular flexibility index (Phi) is 38.2. The number of alkyl carbamates (subject to hydrolysis) is 3. The number of halogens is 1. The average Bonchev–Trinajstić information content (AvgIpc) is 1.67. The molecule has 0 saturated heterocycles. The minimum atomic E-state index is -1.20. The maximum Gasteiger partial charge on any atom is 0.407 e. The fourth-order valence-electron chi connectivity index (χ4n) is 9.89. The van der Waals surface area contributed by atoms with E-state index >= 15 is 0 Å². The van der Waals surface area contributed by atoms with Crippen molar-refractivity contribution in [3.05, 3.63) is 50.4 Å². The molecule has 0 fully saturated rings. The van der Waals surface area contributed by atoms with Gasteiger partial charge in [0.2, 0.25) is 17.7 Å². The number of carbonyl (C=O) groups is 9. The third kappa shape index (κ3) is 39.0. The van der Waals surface area contributed by atoms with E-state index in [0.29, 0.717) is 35.8 Å². The number of aromatic amines is 3. The molecule has 43 heteroatoms. The van der Waals surface area contributed by atoms with Crippen molar-refractivity contribution in [3.8, 4) is 0 Å². The van der Waals surface area contributed by atoms with Gasteiger partial charge in [-0.15, -0.1) is 0 Å². The van der Waals surface area contributed by atoms with Crippen molar-refractivity contribution in [2.75, 3.05) is 190 Å². The predicted molar refractivity (Wildman–Crippen MR) is 426 cm³/mol. The lowest BCUT2D eigenvalue weighted by molar-refractivity contribution is -0.870. The quantitative estimate of drug-likeness (QED) is 0.00880. The summed E-state index contributed by atoms with van der Waals surface area (Å²) >= 11 is 3.39. The van der Waals surface area contributed by atoms with Crippen LogP contribution < -0.4 is 49.4 Å². The Hall–Kier alpha value is -10.6. The summed E-state index contributed by atoms with van der Waals surface area (Å²) in [5.74, 6) is -2.97. The number of anilines is 3. The summed E-state index contributed by atoms with van der Waals surface area (Å²) in [6.07, 6.45) is 5.16. The summed E-state index contributed by atoms with van der Waals surface area (Å²) in [6.45, 7) is 21.7. The molecule has 0 aliphatic heterocycles. The van der Waals surface area contributed by atoms with Gasteiger partial charge in [-0.25, -0.2) is 43.7 Å². The Morgan fingerprint density at radius 2 is 0.779 bits per heavy atom. The molecule has 42 nitrogen and oxygen atoms in total. The topological polar surface area (TPSA) is 507 Å². The van der Waals surface area contributed by atoms with Crippen molar-refractivity contribution in [3.63, 3.8) is 0 Å². The van der Waals surface area contributed by atoms with E-state index in [0.717, 1.165) is 49.6 Å². The molecule has 6 rings (SSSR count). The third-order valence-electron chi connectivity index (χ3n) is 14.8. The number of hydrogen-bond acceptors (Lipinski definition) is 26. The Morgan fingerprint density at radius 3 is 1.07 bits per heavy atom. The lowest BCUT2D eigenvalue weighted by Gasteiger charge is -2.23. The van der Waals surface area contributed by atoms with Gasteiger partial charge in [-0.1, -0.05) is 15.9 Å². The van der Waals surface area contributed by atoms with Crippen LogP contribution in [0.1, 0.15) is 95.4 Å². The highest BCUT2D eigenvalue weighted by Crippen LogP contribution is 2.20. The number of ether oxygens (including phenoxy) is 5. The average molecular weight is 1670 g/mol. The van der Waals surface area contributed by atoms with E-state index in [9.17, 15) is 62.6 Å². The monoisotopic (exact) mass is 1660 g/mol. The first-order valence-electron chi connectivity index (χ1n) is 36.7. The summed E-state index contributed by atoms with van der Waals surface area (Å²) in [6, 6.07) is 0. The van der Waals surface area contributed by atoms with Crippen molar-refractivity contribution in [2.24, 2.45) is 0 Å². The van der Waals surface area contributed by atoms with E-state index < -0.39 is 94.3 Å². The number of aliphatic carboxylic acids is 1. The molecule has 0 aliphatic rings. The van der Waals surface area contributed by atoms with Crippen LogP contribution >= 0.6 is 15.9 Å². The van der Waals surface area contributed by atoms with Crippen LogP contribution in [0.4, 0.5) is 31.8 Å². The normalized spacial score (nSPS) is 11.7. The second kappa shape index (κ2) is 44.6. The number of nitrogens with zero attached hydrogens (tertiary/aromatic N) is 15. The largest absolute Gasteiger partial charge is 0.480 e. The number of carboxylic acids is 1. The van der Waals surface area contributed by atoms with Crippen molar-refractivity contribution >= 4 is 121 Å². The number of amides is 6. The molecule has 6 aromatic rings. The fourth-order valence-corrected chi connectivity index (χ4v) is 10.1. The fraction of sp³-hybridized carbons (Fsp3) is 0.657. The van der Waals surface area contributed by atoms with E-state index in [1.807, 2.05) is 0 Å².